The van der Waals surface area contributed by atoms with Crippen LogP contribution in [0.5, 0.6) is 0 Å². The Morgan fingerprint density at radius 1 is 1.47 bits per heavy atom. The van der Waals surface area contributed by atoms with Gasteiger partial charge in [-0.1, -0.05) is 26.3 Å². The van der Waals surface area contributed by atoms with Gasteiger partial charge >= 0.3 is 0 Å². The zero-order valence-electron chi connectivity index (χ0n) is 11.0. The van der Waals surface area contributed by atoms with Crippen LogP contribution < -0.4 is 0 Å². The molecule has 0 saturated heterocycles. The predicted molar refractivity (Wildman–Crippen MR) is 68.8 cm³/mol. The Bertz CT molecular complexity index is 405. The first-order valence-corrected chi connectivity index (χ1v) is 6.43. The van der Waals surface area contributed by atoms with Crippen molar-refractivity contribution in [2.45, 2.75) is 46.5 Å². The summed E-state index contributed by atoms with van der Waals surface area (Å²) >= 11 is 0. The minimum atomic E-state index is 0.182. The molecule has 2 nitrogen and oxygen atoms in total. The first-order chi connectivity index (χ1) is 7.99. The summed E-state index contributed by atoms with van der Waals surface area (Å²) in [4.78, 5) is 16.6. The standard InChI is InChI=1S/C15H21NO/c1-11-6-7-12(16-10-11)9-14(17)13-5-4-8-15(13,2)3/h6-7,10,13H,4-5,8-9H2,1-3H3. The summed E-state index contributed by atoms with van der Waals surface area (Å²) in [6.45, 7) is 6.44. The molecule has 0 amide bonds. The molecule has 1 heterocycles. The van der Waals surface area contributed by atoms with Crippen molar-refractivity contribution in [2.24, 2.45) is 11.3 Å². The largest absolute Gasteiger partial charge is 0.299 e. The van der Waals surface area contributed by atoms with E-state index < -0.39 is 0 Å². The van der Waals surface area contributed by atoms with Crippen LogP contribution in [-0.2, 0) is 11.2 Å². The summed E-state index contributed by atoms with van der Waals surface area (Å²) in [6, 6.07) is 3.99. The third-order valence-electron chi connectivity index (χ3n) is 3.97. The average Bonchev–Trinajstić information content (AvgIpc) is 2.61. The second-order valence-electron chi connectivity index (χ2n) is 5.90. The van der Waals surface area contributed by atoms with Crippen LogP contribution >= 0.6 is 0 Å². The number of Topliss-reactive ketones (excluding diaryl/α,β-unsaturated/α-hetero) is 1. The predicted octanol–water partition coefficient (Wildman–Crippen LogP) is 3.33. The molecule has 1 aromatic heterocycles. The van der Waals surface area contributed by atoms with Gasteiger partial charge in [0.1, 0.15) is 5.78 Å². The van der Waals surface area contributed by atoms with E-state index in [9.17, 15) is 4.79 Å². The van der Waals surface area contributed by atoms with E-state index in [1.165, 1.54) is 12.8 Å². The molecule has 0 N–H and O–H groups in total. The van der Waals surface area contributed by atoms with Crippen molar-refractivity contribution < 1.29 is 4.79 Å². The van der Waals surface area contributed by atoms with E-state index in [2.05, 4.69) is 18.8 Å². The number of ketones is 1. The first kappa shape index (κ1) is 12.3. The Kier molecular flexibility index (Phi) is 3.32. The molecule has 1 aliphatic carbocycles. The van der Waals surface area contributed by atoms with Crippen molar-refractivity contribution in [1.82, 2.24) is 4.98 Å². The molecule has 1 atom stereocenters. The van der Waals surface area contributed by atoms with Gasteiger partial charge in [-0.15, -0.1) is 0 Å². The third kappa shape index (κ3) is 2.74. The maximum Gasteiger partial charge on any atom is 0.142 e. The minimum Gasteiger partial charge on any atom is -0.299 e. The van der Waals surface area contributed by atoms with Crippen molar-refractivity contribution in [3.63, 3.8) is 0 Å². The molecule has 92 valence electrons. The zero-order valence-corrected chi connectivity index (χ0v) is 11.0. The van der Waals surface area contributed by atoms with Crippen molar-refractivity contribution in [2.75, 3.05) is 0 Å². The minimum absolute atomic E-state index is 0.182. The van der Waals surface area contributed by atoms with Gasteiger partial charge in [-0.2, -0.15) is 0 Å². The molecule has 1 unspecified atom stereocenters. The van der Waals surface area contributed by atoms with Crippen molar-refractivity contribution in [1.29, 1.82) is 0 Å². The highest BCUT2D eigenvalue weighted by atomic mass is 16.1. The SMILES string of the molecule is Cc1ccc(CC(=O)C2CCCC2(C)C)nc1. The summed E-state index contributed by atoms with van der Waals surface area (Å²) in [5, 5.41) is 0. The molecule has 0 aromatic carbocycles. The van der Waals surface area contributed by atoms with Crippen LogP contribution in [0.25, 0.3) is 0 Å². The lowest BCUT2D eigenvalue weighted by atomic mass is 9.78. The molecule has 1 aliphatic rings. The topological polar surface area (TPSA) is 30.0 Å². The van der Waals surface area contributed by atoms with E-state index >= 15 is 0 Å². The molecule has 0 spiro atoms. The summed E-state index contributed by atoms with van der Waals surface area (Å²) in [7, 11) is 0. The molecule has 0 bridgehead atoms. The highest BCUT2D eigenvalue weighted by Crippen LogP contribution is 2.43. The van der Waals surface area contributed by atoms with Gasteiger partial charge in [-0.25, -0.2) is 0 Å². The Hall–Kier alpha value is -1.18. The molecule has 1 fully saturated rings. The zero-order chi connectivity index (χ0) is 12.5. The van der Waals surface area contributed by atoms with Crippen LogP contribution in [0.1, 0.15) is 44.4 Å². The number of carbonyl (C=O) groups is 1. The lowest BCUT2D eigenvalue weighted by Crippen LogP contribution is -2.27. The van der Waals surface area contributed by atoms with Crippen LogP contribution in [0.3, 0.4) is 0 Å². The van der Waals surface area contributed by atoms with E-state index in [0.29, 0.717) is 12.2 Å². The number of aryl methyl sites for hydroxylation is 1. The number of hydrogen-bond donors (Lipinski definition) is 0. The number of aromatic nitrogens is 1. The summed E-state index contributed by atoms with van der Waals surface area (Å²) in [5.41, 5.74) is 2.23. The van der Waals surface area contributed by atoms with E-state index in [4.69, 9.17) is 0 Å². The van der Waals surface area contributed by atoms with Crippen molar-refractivity contribution in [3.8, 4) is 0 Å². The van der Waals surface area contributed by atoms with Crippen molar-refractivity contribution >= 4 is 5.78 Å². The second-order valence-corrected chi connectivity index (χ2v) is 5.90. The van der Waals surface area contributed by atoms with Gasteiger partial charge in [0.2, 0.25) is 0 Å². The average molecular weight is 231 g/mol. The number of rotatable bonds is 3. The fourth-order valence-electron chi connectivity index (χ4n) is 2.83. The van der Waals surface area contributed by atoms with E-state index in [0.717, 1.165) is 17.7 Å². The normalized spacial score (nSPS) is 22.6. The number of carbonyl (C=O) groups excluding carboxylic acids is 1. The quantitative estimate of drug-likeness (QED) is 0.798. The van der Waals surface area contributed by atoms with Gasteiger partial charge < -0.3 is 0 Å². The molecule has 2 rings (SSSR count). The summed E-state index contributed by atoms with van der Waals surface area (Å²) in [6.07, 6.45) is 5.74. The summed E-state index contributed by atoms with van der Waals surface area (Å²) < 4.78 is 0. The number of hydrogen-bond acceptors (Lipinski definition) is 2. The fraction of sp³-hybridized carbons (Fsp3) is 0.600. The molecular formula is C15H21NO. The molecule has 1 saturated carbocycles. The lowest BCUT2D eigenvalue weighted by Gasteiger charge is -2.25. The molecule has 0 aliphatic heterocycles. The highest BCUT2D eigenvalue weighted by molar-refractivity contribution is 5.83. The van der Waals surface area contributed by atoms with Gasteiger partial charge in [0.25, 0.3) is 0 Å². The Morgan fingerprint density at radius 2 is 2.24 bits per heavy atom. The van der Waals surface area contributed by atoms with Crippen LogP contribution in [0, 0.1) is 18.3 Å². The van der Waals surface area contributed by atoms with Crippen LogP contribution in [-0.4, -0.2) is 10.8 Å². The Morgan fingerprint density at radius 3 is 2.76 bits per heavy atom. The molecule has 17 heavy (non-hydrogen) atoms. The second kappa shape index (κ2) is 4.59. The molecular weight excluding hydrogens is 210 g/mol. The van der Waals surface area contributed by atoms with Gasteiger partial charge in [-0.05, 0) is 36.8 Å². The highest BCUT2D eigenvalue weighted by Gasteiger charge is 2.38. The van der Waals surface area contributed by atoms with Gasteiger partial charge in [-0.3, -0.25) is 9.78 Å². The van der Waals surface area contributed by atoms with Crippen LogP contribution in [0.15, 0.2) is 18.3 Å². The van der Waals surface area contributed by atoms with Crippen LogP contribution in [0.4, 0.5) is 0 Å². The van der Waals surface area contributed by atoms with Crippen LogP contribution in [0.2, 0.25) is 0 Å². The number of nitrogens with zero attached hydrogens (tertiary/aromatic N) is 1. The molecule has 2 heteroatoms. The molecule has 1 aromatic rings. The van der Waals surface area contributed by atoms with Crippen molar-refractivity contribution in [3.05, 3.63) is 29.6 Å². The first-order valence-electron chi connectivity index (χ1n) is 6.43. The lowest BCUT2D eigenvalue weighted by molar-refractivity contribution is -0.124. The van der Waals surface area contributed by atoms with E-state index in [1.807, 2.05) is 25.3 Å². The van der Waals surface area contributed by atoms with Gasteiger partial charge in [0.05, 0.1) is 0 Å². The molecule has 0 radical (unpaired) electrons. The van der Waals surface area contributed by atoms with Gasteiger partial charge in [0.15, 0.2) is 0 Å². The smallest absolute Gasteiger partial charge is 0.142 e. The maximum atomic E-state index is 12.3. The Labute approximate surface area is 103 Å². The number of pyridine rings is 1. The van der Waals surface area contributed by atoms with Gasteiger partial charge in [0, 0.05) is 24.2 Å². The fourth-order valence-corrected chi connectivity index (χ4v) is 2.83. The summed E-state index contributed by atoms with van der Waals surface area (Å²) in [5.74, 6) is 0.592. The van der Waals surface area contributed by atoms with E-state index in [-0.39, 0.29) is 11.3 Å². The van der Waals surface area contributed by atoms with E-state index in [1.54, 1.807) is 0 Å². The Balaban J connectivity index is 2.04. The maximum absolute atomic E-state index is 12.3. The third-order valence-corrected chi connectivity index (χ3v) is 3.97. The monoisotopic (exact) mass is 231 g/mol.